The van der Waals surface area contributed by atoms with Crippen molar-refractivity contribution in [2.45, 2.75) is 25.9 Å². The molecule has 0 saturated carbocycles. The molecule has 1 aromatic rings. The zero-order valence-corrected chi connectivity index (χ0v) is 14.8. The summed E-state index contributed by atoms with van der Waals surface area (Å²) in [5.74, 6) is 4.04. The van der Waals surface area contributed by atoms with E-state index in [0.717, 1.165) is 24.8 Å². The largest absolute Gasteiger partial charge is 0.491 e. The van der Waals surface area contributed by atoms with Gasteiger partial charge in [0.1, 0.15) is 18.5 Å². The summed E-state index contributed by atoms with van der Waals surface area (Å²) in [6.45, 7) is 5.45. The molecule has 2 unspecified atom stereocenters. The van der Waals surface area contributed by atoms with Crippen molar-refractivity contribution >= 4 is 23.4 Å². The Morgan fingerprint density at radius 3 is 2.91 bits per heavy atom. The summed E-state index contributed by atoms with van der Waals surface area (Å²) >= 11 is 7.89. The summed E-state index contributed by atoms with van der Waals surface area (Å²) in [6, 6.07) is 7.24. The number of nitrogens with zero attached hydrogens (tertiary/aromatic N) is 1. The monoisotopic (exact) mass is 343 g/mol. The van der Waals surface area contributed by atoms with Crippen LogP contribution in [0.1, 0.15) is 19.8 Å². The van der Waals surface area contributed by atoms with Crippen LogP contribution in [0.15, 0.2) is 24.3 Å². The highest BCUT2D eigenvalue weighted by Gasteiger charge is 2.24. The molecule has 1 fully saturated rings. The van der Waals surface area contributed by atoms with Crippen LogP contribution >= 0.6 is 23.4 Å². The highest BCUT2D eigenvalue weighted by molar-refractivity contribution is 7.99. The average molecular weight is 344 g/mol. The molecule has 124 valence electrons. The topological polar surface area (TPSA) is 32.7 Å². The molecule has 0 bridgehead atoms. The first-order chi connectivity index (χ1) is 10.7. The third kappa shape index (κ3) is 6.37. The summed E-state index contributed by atoms with van der Waals surface area (Å²) in [4.78, 5) is 2.35. The van der Waals surface area contributed by atoms with E-state index in [1.165, 1.54) is 24.3 Å². The van der Waals surface area contributed by atoms with E-state index in [0.29, 0.717) is 18.2 Å². The van der Waals surface area contributed by atoms with Crippen molar-refractivity contribution in [1.82, 2.24) is 4.90 Å². The molecule has 0 aromatic heterocycles. The summed E-state index contributed by atoms with van der Waals surface area (Å²) in [5, 5.41) is 10.8. The van der Waals surface area contributed by atoms with Crippen molar-refractivity contribution in [3.05, 3.63) is 29.3 Å². The number of hydrogen-bond donors (Lipinski definition) is 1. The molecule has 5 heteroatoms. The minimum atomic E-state index is -0.447. The van der Waals surface area contributed by atoms with Gasteiger partial charge >= 0.3 is 0 Å². The maximum absolute atomic E-state index is 10.1. The predicted molar refractivity (Wildman–Crippen MR) is 95.1 cm³/mol. The zero-order chi connectivity index (χ0) is 15.8. The molecule has 1 heterocycles. The van der Waals surface area contributed by atoms with Crippen LogP contribution in [0.2, 0.25) is 5.02 Å². The molecular formula is C17H26ClNO2S. The molecule has 1 saturated heterocycles. The van der Waals surface area contributed by atoms with Gasteiger partial charge in [-0.15, -0.1) is 0 Å². The highest BCUT2D eigenvalue weighted by Crippen LogP contribution is 2.21. The van der Waals surface area contributed by atoms with Gasteiger partial charge in [-0.3, -0.25) is 0 Å². The molecule has 2 atom stereocenters. The average Bonchev–Trinajstić information content (AvgIpc) is 2.94. The van der Waals surface area contributed by atoms with Gasteiger partial charge < -0.3 is 14.7 Å². The fourth-order valence-electron chi connectivity index (χ4n) is 2.68. The molecule has 3 nitrogen and oxygen atoms in total. The Morgan fingerprint density at radius 2 is 2.18 bits per heavy atom. The van der Waals surface area contributed by atoms with E-state index in [2.05, 4.69) is 23.6 Å². The van der Waals surface area contributed by atoms with Gasteiger partial charge in [0, 0.05) is 18.1 Å². The molecule has 1 aliphatic rings. The maximum Gasteiger partial charge on any atom is 0.119 e. The van der Waals surface area contributed by atoms with Crippen LogP contribution in [0.25, 0.3) is 0 Å². The number of aliphatic hydroxyl groups is 1. The minimum absolute atomic E-state index is 0.327. The Balaban J connectivity index is 1.63. The number of β-amino-alcohol motifs (C(OH)–C–C–N with tert-alkyl or cyclic N) is 1. The fraction of sp³-hybridized carbons (Fsp3) is 0.647. The Morgan fingerprint density at radius 1 is 1.41 bits per heavy atom. The molecular weight excluding hydrogens is 318 g/mol. The van der Waals surface area contributed by atoms with E-state index in [9.17, 15) is 5.11 Å². The Bertz CT molecular complexity index is 429. The summed E-state index contributed by atoms with van der Waals surface area (Å²) in [7, 11) is 0. The fourth-order valence-corrected chi connectivity index (χ4v) is 3.87. The number of benzene rings is 1. The van der Waals surface area contributed by atoms with Gasteiger partial charge in [0.2, 0.25) is 0 Å². The number of rotatable bonds is 9. The van der Waals surface area contributed by atoms with E-state index in [-0.39, 0.29) is 0 Å². The third-order valence-electron chi connectivity index (χ3n) is 3.80. The van der Waals surface area contributed by atoms with Gasteiger partial charge in [-0.25, -0.2) is 0 Å². The minimum Gasteiger partial charge on any atom is -0.491 e. The van der Waals surface area contributed by atoms with Gasteiger partial charge in [-0.1, -0.05) is 18.5 Å². The van der Waals surface area contributed by atoms with E-state index in [1.54, 1.807) is 12.1 Å². The van der Waals surface area contributed by atoms with Crippen LogP contribution < -0.4 is 4.74 Å². The lowest BCUT2D eigenvalue weighted by Crippen LogP contribution is -2.34. The SMILES string of the molecule is CCCSCC1CCN(CC(O)COc2ccc(Cl)cc2)C1. The van der Waals surface area contributed by atoms with Crippen LogP contribution in [0.4, 0.5) is 0 Å². The zero-order valence-electron chi connectivity index (χ0n) is 13.2. The van der Waals surface area contributed by atoms with Crippen molar-refractivity contribution in [2.24, 2.45) is 5.92 Å². The Hall–Kier alpha value is -0.420. The smallest absolute Gasteiger partial charge is 0.119 e. The first-order valence-corrected chi connectivity index (χ1v) is 9.57. The lowest BCUT2D eigenvalue weighted by molar-refractivity contribution is 0.0749. The standard InChI is InChI=1S/C17H26ClNO2S/c1-2-9-22-13-14-7-8-19(10-14)11-16(20)12-21-17-5-3-15(18)4-6-17/h3-6,14,16,20H,2,7-13H2,1H3. The first-order valence-electron chi connectivity index (χ1n) is 8.04. The van der Waals surface area contributed by atoms with Crippen LogP contribution in [0.3, 0.4) is 0 Å². The van der Waals surface area contributed by atoms with Crippen molar-refractivity contribution < 1.29 is 9.84 Å². The van der Waals surface area contributed by atoms with Gasteiger partial charge in [0.15, 0.2) is 0 Å². The second-order valence-electron chi connectivity index (χ2n) is 5.91. The van der Waals surface area contributed by atoms with Crippen LogP contribution in [0, 0.1) is 5.92 Å². The van der Waals surface area contributed by atoms with Crippen LogP contribution in [0.5, 0.6) is 5.75 Å². The van der Waals surface area contributed by atoms with E-state index in [1.807, 2.05) is 12.1 Å². The Labute approximate surface area is 143 Å². The lowest BCUT2D eigenvalue weighted by Gasteiger charge is -2.20. The molecule has 0 amide bonds. The second kappa shape index (κ2) is 9.66. The van der Waals surface area contributed by atoms with Crippen molar-refractivity contribution in [2.75, 3.05) is 37.7 Å². The molecule has 0 aliphatic carbocycles. The molecule has 1 aromatic carbocycles. The maximum atomic E-state index is 10.1. The molecule has 1 N–H and O–H groups in total. The first kappa shape index (κ1) is 17.9. The quantitative estimate of drug-likeness (QED) is 0.695. The van der Waals surface area contributed by atoms with Crippen LogP contribution in [-0.4, -0.2) is 53.9 Å². The highest BCUT2D eigenvalue weighted by atomic mass is 35.5. The molecule has 2 rings (SSSR count). The van der Waals surface area contributed by atoms with Crippen LogP contribution in [-0.2, 0) is 0 Å². The Kier molecular flexibility index (Phi) is 7.87. The van der Waals surface area contributed by atoms with Crippen molar-refractivity contribution in [3.8, 4) is 5.75 Å². The molecule has 0 spiro atoms. The number of ether oxygens (including phenoxy) is 1. The normalized spacial score (nSPS) is 20.2. The number of aliphatic hydroxyl groups excluding tert-OH is 1. The number of hydrogen-bond acceptors (Lipinski definition) is 4. The number of thioether (sulfide) groups is 1. The van der Waals surface area contributed by atoms with E-state index in [4.69, 9.17) is 16.3 Å². The lowest BCUT2D eigenvalue weighted by atomic mass is 10.2. The summed E-state index contributed by atoms with van der Waals surface area (Å²) < 4.78 is 5.60. The molecule has 1 aliphatic heterocycles. The summed E-state index contributed by atoms with van der Waals surface area (Å²) in [5.41, 5.74) is 0. The van der Waals surface area contributed by atoms with Gasteiger partial charge in [-0.05, 0) is 61.1 Å². The number of halogens is 1. The second-order valence-corrected chi connectivity index (χ2v) is 7.49. The predicted octanol–water partition coefficient (Wildman–Crippen LogP) is 3.54. The van der Waals surface area contributed by atoms with E-state index < -0.39 is 6.10 Å². The molecule has 22 heavy (non-hydrogen) atoms. The van der Waals surface area contributed by atoms with Gasteiger partial charge in [0.25, 0.3) is 0 Å². The van der Waals surface area contributed by atoms with Crippen molar-refractivity contribution in [1.29, 1.82) is 0 Å². The number of likely N-dealkylation sites (tertiary alicyclic amines) is 1. The summed E-state index contributed by atoms with van der Waals surface area (Å²) in [6.07, 6.45) is 2.06. The molecule has 0 radical (unpaired) electrons. The third-order valence-corrected chi connectivity index (χ3v) is 5.45. The van der Waals surface area contributed by atoms with Gasteiger partial charge in [-0.2, -0.15) is 11.8 Å². The van der Waals surface area contributed by atoms with E-state index >= 15 is 0 Å². The van der Waals surface area contributed by atoms with Crippen molar-refractivity contribution in [3.63, 3.8) is 0 Å². The van der Waals surface area contributed by atoms with Gasteiger partial charge in [0.05, 0.1) is 0 Å².